The van der Waals surface area contributed by atoms with E-state index in [1.54, 1.807) is 0 Å². The third-order valence-electron chi connectivity index (χ3n) is 3.75. The van der Waals surface area contributed by atoms with Gasteiger partial charge in [0.2, 0.25) is 15.9 Å². The number of sulfonamides is 1. The molecule has 6 N–H and O–H groups in total. The first-order valence-corrected chi connectivity index (χ1v) is 10.1. The number of carbonyl (C=O) groups excluding carboxylic acids is 2. The van der Waals surface area contributed by atoms with Crippen molar-refractivity contribution in [3.05, 3.63) is 47.0 Å². The number of hydrogen-bond acceptors (Lipinski definition) is 6. The van der Waals surface area contributed by atoms with Crippen LogP contribution in [0.25, 0.3) is 0 Å². The van der Waals surface area contributed by atoms with Crippen molar-refractivity contribution in [2.45, 2.75) is 23.8 Å². The lowest BCUT2D eigenvalue weighted by molar-refractivity contribution is -0.141. The Morgan fingerprint density at radius 1 is 1.31 bits per heavy atom. The van der Waals surface area contributed by atoms with Crippen LogP contribution in [0.3, 0.4) is 0 Å². The minimum atomic E-state index is -4.11. The van der Waals surface area contributed by atoms with E-state index in [0.29, 0.717) is 5.69 Å². The van der Waals surface area contributed by atoms with Gasteiger partial charge in [-0.2, -0.15) is 0 Å². The van der Waals surface area contributed by atoms with Gasteiger partial charge in [-0.05, 0) is 18.2 Å². The lowest BCUT2D eigenvalue weighted by atomic mass is 10.1. The van der Waals surface area contributed by atoms with Crippen molar-refractivity contribution in [1.82, 2.24) is 20.6 Å². The van der Waals surface area contributed by atoms with E-state index in [4.69, 9.17) is 16.7 Å². The van der Waals surface area contributed by atoms with Gasteiger partial charge in [-0.3, -0.25) is 9.59 Å². The number of carbonyl (C=O) groups is 3. The monoisotopic (exact) mass is 443 g/mol. The molecule has 13 heteroatoms. The first-order valence-electron chi connectivity index (χ1n) is 8.18. The quantitative estimate of drug-likeness (QED) is 0.350. The third-order valence-corrected chi connectivity index (χ3v) is 5.14. The average Bonchev–Trinajstić information content (AvgIpc) is 3.13. The zero-order valence-electron chi connectivity index (χ0n) is 14.9. The number of nitrogens with one attached hydrogen (secondary N) is 3. The van der Waals surface area contributed by atoms with Crippen LogP contribution in [0.15, 0.2) is 35.6 Å². The molecule has 1 aromatic carbocycles. The summed E-state index contributed by atoms with van der Waals surface area (Å²) in [6.45, 7) is -0.103. The first kappa shape index (κ1) is 22.3. The SMILES string of the molecule is NS(=O)(=O)c1cc(C(=O)NCCC(=O)N[C@@H](Cc2cnc[nH]2)C(=O)O)ccc1Cl. The number of nitrogens with zero attached hydrogens (tertiary/aromatic N) is 1. The summed E-state index contributed by atoms with van der Waals surface area (Å²) < 4.78 is 22.9. The van der Waals surface area contributed by atoms with Crippen LogP contribution >= 0.6 is 11.6 Å². The molecule has 1 aromatic heterocycles. The number of aromatic nitrogens is 2. The number of imidazole rings is 1. The average molecular weight is 444 g/mol. The number of aliphatic carboxylic acids is 1. The number of carboxylic acid groups (broad SMARTS) is 1. The number of carboxylic acids is 1. The van der Waals surface area contributed by atoms with Crippen LogP contribution in [0, 0.1) is 0 Å². The molecular weight excluding hydrogens is 426 g/mol. The largest absolute Gasteiger partial charge is 0.480 e. The van der Waals surface area contributed by atoms with Gasteiger partial charge in [-0.25, -0.2) is 23.3 Å². The summed E-state index contributed by atoms with van der Waals surface area (Å²) in [4.78, 5) is 41.5. The molecule has 156 valence electrons. The van der Waals surface area contributed by atoms with E-state index in [1.807, 2.05) is 0 Å². The Kier molecular flexibility index (Phi) is 7.31. The maximum absolute atomic E-state index is 12.1. The molecule has 1 heterocycles. The highest BCUT2D eigenvalue weighted by atomic mass is 35.5. The molecule has 0 unspecified atom stereocenters. The molecule has 0 saturated heterocycles. The molecule has 0 bridgehead atoms. The van der Waals surface area contributed by atoms with Crippen molar-refractivity contribution >= 4 is 39.4 Å². The van der Waals surface area contributed by atoms with E-state index in [9.17, 15) is 27.9 Å². The second kappa shape index (κ2) is 9.49. The van der Waals surface area contributed by atoms with E-state index in [0.717, 1.165) is 6.07 Å². The van der Waals surface area contributed by atoms with Crippen LogP contribution in [0.1, 0.15) is 22.5 Å². The van der Waals surface area contributed by atoms with E-state index in [1.165, 1.54) is 24.7 Å². The maximum atomic E-state index is 12.1. The van der Waals surface area contributed by atoms with E-state index >= 15 is 0 Å². The van der Waals surface area contributed by atoms with Crippen molar-refractivity contribution in [2.24, 2.45) is 5.14 Å². The lowest BCUT2D eigenvalue weighted by Crippen LogP contribution is -2.43. The fourth-order valence-electron chi connectivity index (χ4n) is 2.34. The second-order valence-electron chi connectivity index (χ2n) is 5.94. The van der Waals surface area contributed by atoms with Gasteiger partial charge in [-0.15, -0.1) is 0 Å². The van der Waals surface area contributed by atoms with Crippen LogP contribution in [-0.2, 0) is 26.0 Å². The zero-order valence-corrected chi connectivity index (χ0v) is 16.5. The summed E-state index contributed by atoms with van der Waals surface area (Å²) in [5.41, 5.74) is 0.529. The number of hydrogen-bond donors (Lipinski definition) is 5. The summed E-state index contributed by atoms with van der Waals surface area (Å²) in [7, 11) is -4.11. The van der Waals surface area contributed by atoms with Gasteiger partial charge in [0.15, 0.2) is 0 Å². The predicted octanol–water partition coefficient (Wildman–Crippen LogP) is -0.357. The normalized spacial score (nSPS) is 12.2. The van der Waals surface area contributed by atoms with Crippen LogP contribution in [0.4, 0.5) is 0 Å². The van der Waals surface area contributed by atoms with Gasteiger partial charge in [0, 0.05) is 36.8 Å². The highest BCUT2D eigenvalue weighted by molar-refractivity contribution is 7.89. The Balaban J connectivity index is 1.89. The molecule has 2 amide bonds. The van der Waals surface area contributed by atoms with Gasteiger partial charge >= 0.3 is 5.97 Å². The van der Waals surface area contributed by atoms with Crippen molar-refractivity contribution < 1.29 is 27.9 Å². The van der Waals surface area contributed by atoms with E-state index in [-0.39, 0.29) is 30.0 Å². The molecule has 29 heavy (non-hydrogen) atoms. The molecule has 2 aromatic rings. The molecule has 2 rings (SSSR count). The molecule has 0 aliphatic heterocycles. The number of halogens is 1. The number of amides is 2. The molecule has 0 saturated carbocycles. The van der Waals surface area contributed by atoms with Crippen molar-refractivity contribution in [2.75, 3.05) is 6.54 Å². The number of benzene rings is 1. The lowest BCUT2D eigenvalue weighted by Gasteiger charge is -2.14. The van der Waals surface area contributed by atoms with Crippen LogP contribution in [0.2, 0.25) is 5.02 Å². The molecule has 1 atom stereocenters. The number of nitrogens with two attached hydrogens (primary N) is 1. The molecule has 0 aliphatic carbocycles. The minimum Gasteiger partial charge on any atom is -0.480 e. The van der Waals surface area contributed by atoms with E-state index in [2.05, 4.69) is 20.6 Å². The fraction of sp³-hybridized carbons (Fsp3) is 0.250. The zero-order chi connectivity index (χ0) is 21.6. The van der Waals surface area contributed by atoms with Crippen LogP contribution in [0.5, 0.6) is 0 Å². The first-order chi connectivity index (χ1) is 13.6. The van der Waals surface area contributed by atoms with Gasteiger partial charge < -0.3 is 20.7 Å². The van der Waals surface area contributed by atoms with Gasteiger partial charge in [0.05, 0.1) is 11.3 Å². The molecule has 0 aliphatic rings. The Morgan fingerprint density at radius 2 is 2.03 bits per heavy atom. The molecular formula is C16H18ClN5O6S. The Morgan fingerprint density at radius 3 is 2.62 bits per heavy atom. The predicted molar refractivity (Wildman–Crippen MR) is 102 cm³/mol. The van der Waals surface area contributed by atoms with Gasteiger partial charge in [0.1, 0.15) is 10.9 Å². The van der Waals surface area contributed by atoms with Gasteiger partial charge in [0.25, 0.3) is 5.91 Å². The van der Waals surface area contributed by atoms with Crippen LogP contribution < -0.4 is 15.8 Å². The molecule has 0 spiro atoms. The summed E-state index contributed by atoms with van der Waals surface area (Å²) in [5, 5.41) is 18.9. The number of rotatable bonds is 9. The highest BCUT2D eigenvalue weighted by Gasteiger charge is 2.21. The topological polar surface area (TPSA) is 184 Å². The molecule has 0 fully saturated rings. The Hall–Kier alpha value is -2.96. The minimum absolute atomic E-state index is 0.0125. The number of H-pyrrole nitrogens is 1. The Bertz CT molecular complexity index is 1010. The second-order valence-corrected chi connectivity index (χ2v) is 7.87. The maximum Gasteiger partial charge on any atom is 0.326 e. The van der Waals surface area contributed by atoms with Gasteiger partial charge in [-0.1, -0.05) is 11.6 Å². The fourth-order valence-corrected chi connectivity index (χ4v) is 3.41. The number of aromatic amines is 1. The third kappa shape index (κ3) is 6.55. The van der Waals surface area contributed by atoms with Crippen LogP contribution in [-0.4, -0.2) is 53.9 Å². The summed E-state index contributed by atoms with van der Waals surface area (Å²) in [6, 6.07) is 2.39. The van der Waals surface area contributed by atoms with Crippen molar-refractivity contribution in [3.8, 4) is 0 Å². The molecule has 0 radical (unpaired) electrons. The smallest absolute Gasteiger partial charge is 0.326 e. The summed E-state index contributed by atoms with van der Waals surface area (Å²) in [6.07, 6.45) is 2.68. The van der Waals surface area contributed by atoms with Crippen molar-refractivity contribution in [3.63, 3.8) is 0 Å². The highest BCUT2D eigenvalue weighted by Crippen LogP contribution is 2.21. The summed E-state index contributed by atoms with van der Waals surface area (Å²) in [5.74, 6) is -2.45. The number of primary sulfonamides is 1. The van der Waals surface area contributed by atoms with Crippen molar-refractivity contribution in [1.29, 1.82) is 0 Å². The van der Waals surface area contributed by atoms with E-state index < -0.39 is 38.7 Å². The summed E-state index contributed by atoms with van der Waals surface area (Å²) >= 11 is 5.76. The Labute approximate surface area is 170 Å². The molecule has 11 nitrogen and oxygen atoms in total. The standard InChI is InChI=1S/C16H18ClN5O6S/c17-11-2-1-9(5-13(11)29(18,27)28)15(24)20-4-3-14(23)22-12(16(25)26)6-10-7-19-8-21-10/h1-2,5,7-8,12H,3-4,6H2,(H,19,21)(H,20,24)(H,22,23)(H,25,26)(H2,18,27,28)/t12-/m0/s1.